The van der Waals surface area contributed by atoms with E-state index in [0.717, 1.165) is 22.1 Å². The molecule has 0 saturated carbocycles. The van der Waals surface area contributed by atoms with E-state index in [1.165, 1.54) is 10.1 Å². The Morgan fingerprint density at radius 2 is 1.56 bits per heavy atom. The van der Waals surface area contributed by atoms with Crippen molar-refractivity contribution in [3.8, 4) is 0 Å². The third kappa shape index (κ3) is 9.03. The van der Waals surface area contributed by atoms with Crippen LogP contribution in [0.3, 0.4) is 0 Å². The van der Waals surface area contributed by atoms with Crippen molar-refractivity contribution in [3.63, 3.8) is 0 Å². The maximum absolute atomic E-state index is 13.2. The van der Waals surface area contributed by atoms with Crippen molar-refractivity contribution >= 4 is 35.3 Å². The van der Waals surface area contributed by atoms with Gasteiger partial charge < -0.3 is 20.1 Å². The van der Waals surface area contributed by atoms with Crippen molar-refractivity contribution in [1.29, 1.82) is 0 Å². The number of nitrogens with one attached hydrogen (secondary N) is 2. The lowest BCUT2D eigenvalue weighted by Crippen LogP contribution is -2.45. The molecule has 0 saturated heterocycles. The number of carbonyl (C=O) groups excluding carboxylic acids is 4. The van der Waals surface area contributed by atoms with Gasteiger partial charge in [-0.1, -0.05) is 72.3 Å². The first-order valence-corrected chi connectivity index (χ1v) is 14.1. The number of benzene rings is 3. The van der Waals surface area contributed by atoms with Crippen LogP contribution in [0.25, 0.3) is 10.9 Å². The molecular weight excluding hydrogens is 546 g/mol. The van der Waals surface area contributed by atoms with Gasteiger partial charge in [-0.25, -0.2) is 9.59 Å². The molecule has 224 valence electrons. The third-order valence-corrected chi connectivity index (χ3v) is 6.72. The quantitative estimate of drug-likeness (QED) is 0.189. The van der Waals surface area contributed by atoms with Crippen LogP contribution >= 0.6 is 0 Å². The van der Waals surface area contributed by atoms with Crippen LogP contribution in [0.5, 0.6) is 0 Å². The van der Waals surface area contributed by atoms with Crippen molar-refractivity contribution < 1.29 is 28.7 Å². The van der Waals surface area contributed by atoms with Crippen LogP contribution in [0.15, 0.2) is 79.0 Å². The van der Waals surface area contributed by atoms with Crippen LogP contribution in [0.1, 0.15) is 48.6 Å². The number of carbonyl (C=O) groups is 4. The number of nitrogens with zero attached hydrogens (tertiary/aromatic N) is 1. The maximum atomic E-state index is 13.2. The van der Waals surface area contributed by atoms with Crippen molar-refractivity contribution in [3.05, 3.63) is 107 Å². The van der Waals surface area contributed by atoms with Gasteiger partial charge in [-0.15, -0.1) is 0 Å². The molecule has 0 spiro atoms. The topological polar surface area (TPSA) is 116 Å². The Hall–Kier alpha value is -4.92. The summed E-state index contributed by atoms with van der Waals surface area (Å²) in [5.74, 6) is -0.736. The molecule has 2 amide bonds. The van der Waals surface area contributed by atoms with Gasteiger partial charge >= 0.3 is 12.1 Å². The Labute approximate surface area is 251 Å². The molecule has 1 aromatic heterocycles. The molecule has 1 heterocycles. The van der Waals surface area contributed by atoms with Crippen LogP contribution in [-0.4, -0.2) is 40.6 Å². The monoisotopic (exact) mass is 583 g/mol. The van der Waals surface area contributed by atoms with Crippen molar-refractivity contribution in [2.24, 2.45) is 0 Å². The highest BCUT2D eigenvalue weighted by Crippen LogP contribution is 2.22. The SMILES string of the molecule is Cc1ccc(CNC(=O)Cc2ccc(COC(=O)[C@H](Cc3cn(C=O)c4ccccc34)NC(=O)OC(C)(C)C)cc2)cc1. The number of alkyl carbamates (subject to hydrolysis) is 1. The summed E-state index contributed by atoms with van der Waals surface area (Å²) >= 11 is 0. The van der Waals surface area contributed by atoms with Crippen LogP contribution in [0.4, 0.5) is 4.79 Å². The fourth-order valence-electron chi connectivity index (χ4n) is 4.55. The van der Waals surface area contributed by atoms with Crippen LogP contribution < -0.4 is 10.6 Å². The molecule has 0 radical (unpaired) electrons. The van der Waals surface area contributed by atoms with Crippen LogP contribution in [0.2, 0.25) is 0 Å². The summed E-state index contributed by atoms with van der Waals surface area (Å²) in [4.78, 5) is 49.8. The van der Waals surface area contributed by atoms with E-state index in [9.17, 15) is 19.2 Å². The summed E-state index contributed by atoms with van der Waals surface area (Å²) in [6, 6.07) is 21.5. The number of hydrogen-bond donors (Lipinski definition) is 2. The molecule has 1 atom stereocenters. The molecule has 0 aliphatic rings. The smallest absolute Gasteiger partial charge is 0.408 e. The zero-order valence-electron chi connectivity index (χ0n) is 24.9. The molecule has 0 fully saturated rings. The summed E-state index contributed by atoms with van der Waals surface area (Å²) in [6.07, 6.45) is 1.90. The van der Waals surface area contributed by atoms with E-state index in [4.69, 9.17) is 9.47 Å². The number of aromatic nitrogens is 1. The van der Waals surface area contributed by atoms with Gasteiger partial charge in [0.25, 0.3) is 0 Å². The van der Waals surface area contributed by atoms with E-state index >= 15 is 0 Å². The van der Waals surface area contributed by atoms with Gasteiger partial charge in [-0.3, -0.25) is 14.2 Å². The highest BCUT2D eigenvalue weighted by atomic mass is 16.6. The average molecular weight is 584 g/mol. The summed E-state index contributed by atoms with van der Waals surface area (Å²) in [6.45, 7) is 7.64. The Kier molecular flexibility index (Phi) is 9.98. The standard InChI is InChI=1S/C34H37N3O6/c1-23-9-11-25(12-10-23)19-35-31(39)17-24-13-15-26(16-14-24)21-42-32(40)29(36-33(41)43-34(2,3)4)18-27-20-37(22-38)30-8-6-5-7-28(27)30/h5-16,20,22,29H,17-19,21H2,1-4H3,(H,35,39)(H,36,41)/t29-/m0/s1. The maximum Gasteiger partial charge on any atom is 0.408 e. The van der Waals surface area contributed by atoms with Crippen LogP contribution in [0, 0.1) is 6.92 Å². The lowest BCUT2D eigenvalue weighted by molar-refractivity contribution is -0.147. The van der Waals surface area contributed by atoms with Crippen molar-refractivity contribution in [1.82, 2.24) is 15.2 Å². The van der Waals surface area contributed by atoms with E-state index in [2.05, 4.69) is 10.6 Å². The molecule has 9 nitrogen and oxygen atoms in total. The van der Waals surface area contributed by atoms with Crippen LogP contribution in [-0.2, 0) is 49.9 Å². The first kappa shape index (κ1) is 31.0. The molecule has 9 heteroatoms. The number of hydrogen-bond acceptors (Lipinski definition) is 6. The molecule has 4 rings (SSSR count). The number of para-hydroxylation sites is 1. The Bertz CT molecular complexity index is 1580. The first-order chi connectivity index (χ1) is 20.5. The second-order valence-corrected chi connectivity index (χ2v) is 11.5. The summed E-state index contributed by atoms with van der Waals surface area (Å²) < 4.78 is 12.4. The normalized spacial score (nSPS) is 11.9. The second-order valence-electron chi connectivity index (χ2n) is 11.5. The van der Waals surface area contributed by atoms with Gasteiger partial charge in [0, 0.05) is 24.5 Å². The minimum atomic E-state index is -1.06. The second kappa shape index (κ2) is 13.8. The van der Waals surface area contributed by atoms with E-state index in [0.29, 0.717) is 24.0 Å². The van der Waals surface area contributed by atoms with Gasteiger partial charge in [-0.2, -0.15) is 0 Å². The van der Waals surface area contributed by atoms with E-state index in [1.807, 2.05) is 61.5 Å². The number of aryl methyl sites for hydroxylation is 1. The van der Waals surface area contributed by atoms with Gasteiger partial charge in [0.2, 0.25) is 12.3 Å². The molecule has 0 bridgehead atoms. The predicted molar refractivity (Wildman–Crippen MR) is 164 cm³/mol. The van der Waals surface area contributed by atoms with Gasteiger partial charge in [0.1, 0.15) is 18.2 Å². The molecule has 2 N–H and O–H groups in total. The number of rotatable bonds is 11. The van der Waals surface area contributed by atoms with Gasteiger partial charge in [-0.05, 0) is 56.0 Å². The minimum Gasteiger partial charge on any atom is -0.459 e. The zero-order chi connectivity index (χ0) is 31.0. The fourth-order valence-corrected chi connectivity index (χ4v) is 4.55. The molecule has 3 aromatic carbocycles. The van der Waals surface area contributed by atoms with Gasteiger partial charge in [0.05, 0.1) is 11.9 Å². The summed E-state index contributed by atoms with van der Waals surface area (Å²) in [5, 5.41) is 6.34. The Balaban J connectivity index is 1.37. The van der Waals surface area contributed by atoms with E-state index in [-0.39, 0.29) is 25.4 Å². The Morgan fingerprint density at radius 1 is 0.907 bits per heavy atom. The molecule has 0 unspecified atom stereocenters. The van der Waals surface area contributed by atoms with E-state index in [1.54, 1.807) is 45.2 Å². The number of fused-ring (bicyclic) bond motifs is 1. The highest BCUT2D eigenvalue weighted by Gasteiger charge is 2.27. The largest absolute Gasteiger partial charge is 0.459 e. The molecule has 0 aliphatic heterocycles. The molecular formula is C34H37N3O6. The zero-order valence-corrected chi connectivity index (χ0v) is 24.9. The third-order valence-electron chi connectivity index (χ3n) is 6.72. The van der Waals surface area contributed by atoms with Crippen molar-refractivity contribution in [2.75, 3.05) is 0 Å². The van der Waals surface area contributed by atoms with E-state index < -0.39 is 23.7 Å². The molecule has 4 aromatic rings. The predicted octanol–water partition coefficient (Wildman–Crippen LogP) is 5.03. The number of esters is 1. The summed E-state index contributed by atoms with van der Waals surface area (Å²) in [5.41, 5.74) is 4.39. The number of ether oxygens (including phenoxy) is 2. The molecule has 43 heavy (non-hydrogen) atoms. The first-order valence-electron chi connectivity index (χ1n) is 14.1. The summed E-state index contributed by atoms with van der Waals surface area (Å²) in [7, 11) is 0. The average Bonchev–Trinajstić information content (AvgIpc) is 3.32. The number of amides is 2. The Morgan fingerprint density at radius 3 is 2.23 bits per heavy atom. The van der Waals surface area contributed by atoms with Crippen molar-refractivity contribution in [2.45, 2.75) is 65.3 Å². The lowest BCUT2D eigenvalue weighted by Gasteiger charge is -2.23. The fraction of sp³-hybridized carbons (Fsp3) is 0.294. The lowest BCUT2D eigenvalue weighted by atomic mass is 10.0. The van der Waals surface area contributed by atoms with Gasteiger partial charge in [0.15, 0.2) is 0 Å². The minimum absolute atomic E-state index is 0.0265. The highest BCUT2D eigenvalue weighted by molar-refractivity contribution is 5.90. The molecule has 0 aliphatic carbocycles.